The number of nitrogens with one attached hydrogen (secondary N) is 1. The number of esters is 1. The minimum Gasteiger partial charge on any atom is -0.468 e. The average Bonchev–Trinajstić information content (AvgIpc) is 2.99. The highest BCUT2D eigenvalue weighted by Gasteiger charge is 2.40. The molecular weight excluding hydrogens is 312 g/mol. The minimum atomic E-state index is -0.0786. The number of carbonyl (C=O) groups is 1. The first-order valence-electron chi connectivity index (χ1n) is 8.39. The molecule has 0 radical (unpaired) electrons. The van der Waals surface area contributed by atoms with Gasteiger partial charge in [-0.2, -0.15) is 0 Å². The van der Waals surface area contributed by atoms with E-state index in [1.54, 1.807) is 0 Å². The zero-order valence-corrected chi connectivity index (χ0v) is 14.6. The van der Waals surface area contributed by atoms with E-state index in [9.17, 15) is 4.79 Å². The van der Waals surface area contributed by atoms with Crippen LogP contribution in [0.4, 0.5) is 0 Å². The Morgan fingerprint density at radius 2 is 1.87 bits per heavy atom. The van der Waals surface area contributed by atoms with Crippen molar-refractivity contribution in [1.82, 2.24) is 10.2 Å². The van der Waals surface area contributed by atoms with Gasteiger partial charge in [0.2, 0.25) is 0 Å². The Morgan fingerprint density at radius 3 is 2.52 bits per heavy atom. The van der Waals surface area contributed by atoms with E-state index in [0.29, 0.717) is 12.0 Å². The molecule has 4 nitrogen and oxygen atoms in total. The van der Waals surface area contributed by atoms with Gasteiger partial charge in [0.05, 0.1) is 7.11 Å². The third-order valence-corrected chi connectivity index (χ3v) is 5.10. The van der Waals surface area contributed by atoms with Crippen LogP contribution in [0.2, 0.25) is 0 Å². The van der Waals surface area contributed by atoms with Gasteiger partial charge in [0.15, 0.2) is 0 Å². The monoisotopic (exact) mass is 338 g/mol. The Kier molecular flexibility index (Phi) is 6.88. The van der Waals surface area contributed by atoms with E-state index in [-0.39, 0.29) is 24.4 Å². The van der Waals surface area contributed by atoms with Crippen molar-refractivity contribution in [2.45, 2.75) is 37.8 Å². The van der Waals surface area contributed by atoms with Crippen molar-refractivity contribution in [2.75, 3.05) is 26.7 Å². The zero-order chi connectivity index (χ0) is 15.4. The number of likely N-dealkylation sites (tertiary alicyclic amines) is 1. The smallest absolute Gasteiger partial charge is 0.323 e. The first-order valence-corrected chi connectivity index (χ1v) is 8.39. The van der Waals surface area contributed by atoms with Crippen LogP contribution in [0.25, 0.3) is 0 Å². The molecule has 0 saturated carbocycles. The topological polar surface area (TPSA) is 41.6 Å². The van der Waals surface area contributed by atoms with Crippen LogP contribution in [0, 0.1) is 5.92 Å². The average molecular weight is 339 g/mol. The Labute approximate surface area is 145 Å². The Balaban J connectivity index is 0.00000192. The number of piperidine rings is 1. The van der Waals surface area contributed by atoms with Crippen LogP contribution in [-0.2, 0) is 9.53 Å². The lowest BCUT2D eigenvalue weighted by atomic mass is 9.96. The van der Waals surface area contributed by atoms with Gasteiger partial charge in [-0.25, -0.2) is 0 Å². The second kappa shape index (κ2) is 8.67. The molecule has 0 amide bonds. The minimum absolute atomic E-state index is 0. The molecule has 1 aromatic rings. The standard InChI is InChI=1S/C18H26N2O2.ClH/c1-22-18(21)17-8-7-16(15-5-3-2-4-6-15)20(17)13-14-9-11-19-12-10-14;/h2-6,14,16-17,19H,7-13H2,1H3;1H/t16-,17-;/m0./s1. The fourth-order valence-electron chi connectivity index (χ4n) is 3.90. The number of nitrogens with zero attached hydrogens (tertiary/aromatic N) is 1. The summed E-state index contributed by atoms with van der Waals surface area (Å²) in [5.41, 5.74) is 1.32. The molecule has 2 saturated heterocycles. The van der Waals surface area contributed by atoms with Gasteiger partial charge in [-0.15, -0.1) is 12.4 Å². The van der Waals surface area contributed by atoms with Crippen molar-refractivity contribution in [3.63, 3.8) is 0 Å². The number of rotatable bonds is 4. The molecule has 2 aliphatic heterocycles. The van der Waals surface area contributed by atoms with E-state index in [1.165, 1.54) is 25.5 Å². The van der Waals surface area contributed by atoms with Crippen LogP contribution in [0.3, 0.4) is 0 Å². The summed E-state index contributed by atoms with van der Waals surface area (Å²) in [7, 11) is 1.50. The SMILES string of the molecule is COC(=O)[C@@H]1CC[C@@H](c2ccccc2)N1CC1CCNCC1.Cl. The normalized spacial score (nSPS) is 25.8. The van der Waals surface area contributed by atoms with E-state index >= 15 is 0 Å². The maximum atomic E-state index is 12.2. The molecule has 1 aromatic carbocycles. The third-order valence-electron chi connectivity index (χ3n) is 5.10. The van der Waals surface area contributed by atoms with Crippen LogP contribution in [0.15, 0.2) is 30.3 Å². The molecule has 3 rings (SSSR count). The summed E-state index contributed by atoms with van der Waals surface area (Å²) in [5, 5.41) is 3.42. The molecule has 5 heteroatoms. The van der Waals surface area contributed by atoms with E-state index in [2.05, 4.69) is 34.5 Å². The number of halogens is 1. The Bertz CT molecular complexity index is 491. The van der Waals surface area contributed by atoms with Gasteiger partial charge in [0, 0.05) is 12.6 Å². The van der Waals surface area contributed by atoms with Crippen molar-refractivity contribution in [1.29, 1.82) is 0 Å². The summed E-state index contributed by atoms with van der Waals surface area (Å²) < 4.78 is 5.04. The zero-order valence-electron chi connectivity index (χ0n) is 13.7. The molecular formula is C18H27ClN2O2. The molecule has 0 spiro atoms. The highest BCUT2D eigenvalue weighted by Crippen LogP contribution is 2.37. The lowest BCUT2D eigenvalue weighted by Gasteiger charge is -2.34. The third kappa shape index (κ3) is 4.25. The highest BCUT2D eigenvalue weighted by atomic mass is 35.5. The predicted octanol–water partition coefficient (Wildman–Crippen LogP) is 2.79. The second-order valence-electron chi connectivity index (χ2n) is 6.43. The fourth-order valence-corrected chi connectivity index (χ4v) is 3.90. The Hall–Kier alpha value is -1.10. The van der Waals surface area contributed by atoms with Crippen LogP contribution < -0.4 is 5.32 Å². The molecule has 23 heavy (non-hydrogen) atoms. The Morgan fingerprint density at radius 1 is 1.17 bits per heavy atom. The molecule has 0 aromatic heterocycles. The van der Waals surface area contributed by atoms with Crippen molar-refractivity contribution in [3.05, 3.63) is 35.9 Å². The second-order valence-corrected chi connectivity index (χ2v) is 6.43. The highest BCUT2D eigenvalue weighted by molar-refractivity contribution is 5.85. The van der Waals surface area contributed by atoms with Crippen molar-refractivity contribution in [2.24, 2.45) is 5.92 Å². The molecule has 2 fully saturated rings. The van der Waals surface area contributed by atoms with Crippen LogP contribution in [0.5, 0.6) is 0 Å². The summed E-state index contributed by atoms with van der Waals surface area (Å²) in [6, 6.07) is 10.9. The largest absolute Gasteiger partial charge is 0.468 e. The molecule has 0 bridgehead atoms. The van der Waals surface area contributed by atoms with Gasteiger partial charge in [0.1, 0.15) is 6.04 Å². The van der Waals surface area contributed by atoms with Crippen LogP contribution in [-0.4, -0.2) is 43.7 Å². The summed E-state index contributed by atoms with van der Waals surface area (Å²) >= 11 is 0. The van der Waals surface area contributed by atoms with Gasteiger partial charge >= 0.3 is 5.97 Å². The lowest BCUT2D eigenvalue weighted by Crippen LogP contribution is -2.43. The molecule has 0 aliphatic carbocycles. The van der Waals surface area contributed by atoms with Gasteiger partial charge < -0.3 is 10.1 Å². The molecule has 2 atom stereocenters. The first-order chi connectivity index (χ1) is 10.8. The molecule has 1 N–H and O–H groups in total. The maximum absolute atomic E-state index is 12.2. The van der Waals surface area contributed by atoms with Gasteiger partial charge in [0.25, 0.3) is 0 Å². The number of benzene rings is 1. The quantitative estimate of drug-likeness (QED) is 0.857. The number of hydrogen-bond acceptors (Lipinski definition) is 4. The maximum Gasteiger partial charge on any atom is 0.323 e. The van der Waals surface area contributed by atoms with Crippen LogP contribution in [0.1, 0.15) is 37.3 Å². The summed E-state index contributed by atoms with van der Waals surface area (Å²) in [5.74, 6) is 0.602. The number of methoxy groups -OCH3 is 1. The first kappa shape index (κ1) is 18.2. The van der Waals surface area contributed by atoms with Gasteiger partial charge in [-0.3, -0.25) is 9.69 Å². The molecule has 2 aliphatic rings. The van der Waals surface area contributed by atoms with Gasteiger partial charge in [-0.1, -0.05) is 30.3 Å². The van der Waals surface area contributed by atoms with Crippen molar-refractivity contribution >= 4 is 18.4 Å². The van der Waals surface area contributed by atoms with E-state index < -0.39 is 0 Å². The van der Waals surface area contributed by atoms with E-state index in [4.69, 9.17) is 4.74 Å². The number of carbonyl (C=O) groups excluding carboxylic acids is 1. The van der Waals surface area contributed by atoms with Crippen molar-refractivity contribution in [3.8, 4) is 0 Å². The summed E-state index contributed by atoms with van der Waals surface area (Å²) in [6.45, 7) is 3.19. The van der Waals surface area contributed by atoms with E-state index in [0.717, 1.165) is 32.5 Å². The summed E-state index contributed by atoms with van der Waals surface area (Å²) in [4.78, 5) is 14.6. The lowest BCUT2D eigenvalue weighted by molar-refractivity contribution is -0.146. The number of ether oxygens (including phenoxy) is 1. The molecule has 2 heterocycles. The fraction of sp³-hybridized carbons (Fsp3) is 0.611. The molecule has 0 unspecified atom stereocenters. The molecule has 128 valence electrons. The van der Waals surface area contributed by atoms with E-state index in [1.807, 2.05) is 6.07 Å². The van der Waals surface area contributed by atoms with Crippen molar-refractivity contribution < 1.29 is 9.53 Å². The summed E-state index contributed by atoms with van der Waals surface area (Å²) in [6.07, 6.45) is 4.34. The van der Waals surface area contributed by atoms with Gasteiger partial charge in [-0.05, 0) is 50.3 Å². The number of hydrogen-bond donors (Lipinski definition) is 1. The predicted molar refractivity (Wildman–Crippen MR) is 93.8 cm³/mol. The van der Waals surface area contributed by atoms with Crippen LogP contribution >= 0.6 is 12.4 Å².